The molecule has 0 spiro atoms. The van der Waals surface area contributed by atoms with E-state index in [4.69, 9.17) is 28.9 Å². The molecule has 8 heteroatoms. The Bertz CT molecular complexity index is 1200. The molecule has 3 rings (SSSR count). The summed E-state index contributed by atoms with van der Waals surface area (Å²) in [6.07, 6.45) is 0. The number of anilines is 1. The normalized spacial score (nSPS) is 11.2. The summed E-state index contributed by atoms with van der Waals surface area (Å²) in [5, 5.41) is 3.72. The number of benzene rings is 3. The summed E-state index contributed by atoms with van der Waals surface area (Å²) in [7, 11) is 0. The summed E-state index contributed by atoms with van der Waals surface area (Å²) >= 11 is 12.4. The molecule has 0 saturated carbocycles. The van der Waals surface area contributed by atoms with Gasteiger partial charge in [-0.15, -0.1) is 0 Å². The van der Waals surface area contributed by atoms with Gasteiger partial charge in [-0.25, -0.2) is 4.39 Å². The number of amides is 2. The average Bonchev–Trinajstić information content (AvgIpc) is 2.80. The lowest BCUT2D eigenvalue weighted by Gasteiger charge is -2.32. The number of nitrogens with zero attached hydrogens (tertiary/aromatic N) is 1. The number of carbonyl (C=O) groups excluding carboxylic acids is 2. The molecular formula is C26H26Cl2FN3O2. The Labute approximate surface area is 208 Å². The standard InChI is InChI=1S/C26H26Cl2FN3O2/c1-26(2,15-30)16-32(25(34)18-6-4-8-21(29)12-18)14-19-13-22(9-10-23(19)28)31-24(33)17-5-3-7-20(27)11-17/h3-13H,14-16,30H2,1-2H3,(H,31,33). The summed E-state index contributed by atoms with van der Waals surface area (Å²) in [6, 6.07) is 17.2. The number of carbonyl (C=O) groups is 2. The van der Waals surface area contributed by atoms with Gasteiger partial charge in [0.15, 0.2) is 0 Å². The maximum atomic E-state index is 13.8. The summed E-state index contributed by atoms with van der Waals surface area (Å²) < 4.78 is 13.8. The van der Waals surface area contributed by atoms with Gasteiger partial charge in [0.25, 0.3) is 11.8 Å². The molecule has 0 atom stereocenters. The fourth-order valence-corrected chi connectivity index (χ4v) is 3.76. The van der Waals surface area contributed by atoms with Crippen LogP contribution in [0.2, 0.25) is 10.0 Å². The van der Waals surface area contributed by atoms with Gasteiger partial charge in [-0.2, -0.15) is 0 Å². The maximum absolute atomic E-state index is 13.8. The second-order valence-corrected chi connectivity index (χ2v) is 9.65. The molecule has 178 valence electrons. The van der Waals surface area contributed by atoms with Gasteiger partial charge in [0.2, 0.25) is 0 Å². The van der Waals surface area contributed by atoms with Gasteiger partial charge in [-0.3, -0.25) is 9.59 Å². The van der Waals surface area contributed by atoms with Crippen molar-refractivity contribution in [3.8, 4) is 0 Å². The SMILES string of the molecule is CC(C)(CN)CN(Cc1cc(NC(=O)c2cccc(Cl)c2)ccc1Cl)C(=O)c1cccc(F)c1. The van der Waals surface area contributed by atoms with Gasteiger partial charge >= 0.3 is 0 Å². The molecule has 3 aromatic carbocycles. The fraction of sp³-hybridized carbons (Fsp3) is 0.231. The van der Waals surface area contributed by atoms with Crippen molar-refractivity contribution >= 4 is 40.7 Å². The van der Waals surface area contributed by atoms with Crippen molar-refractivity contribution in [2.75, 3.05) is 18.4 Å². The number of halogens is 3. The summed E-state index contributed by atoms with van der Waals surface area (Å²) in [6.45, 7) is 4.72. The number of hydrogen-bond acceptors (Lipinski definition) is 3. The molecule has 0 unspecified atom stereocenters. The predicted molar refractivity (Wildman–Crippen MR) is 135 cm³/mol. The molecule has 0 heterocycles. The Kier molecular flexibility index (Phi) is 8.31. The molecule has 2 amide bonds. The minimum absolute atomic E-state index is 0.151. The van der Waals surface area contributed by atoms with Gasteiger partial charge in [-0.1, -0.05) is 49.2 Å². The summed E-state index contributed by atoms with van der Waals surface area (Å²) in [4.78, 5) is 27.5. The quantitative estimate of drug-likeness (QED) is 0.396. The minimum atomic E-state index is -0.493. The average molecular weight is 502 g/mol. The molecule has 3 N–H and O–H groups in total. The van der Waals surface area contributed by atoms with Crippen LogP contribution in [0, 0.1) is 11.2 Å². The third-order valence-electron chi connectivity index (χ3n) is 5.28. The predicted octanol–water partition coefficient (Wildman–Crippen LogP) is 6.01. The first-order valence-electron chi connectivity index (χ1n) is 10.7. The number of nitrogens with two attached hydrogens (primary N) is 1. The van der Waals surface area contributed by atoms with Crippen LogP contribution in [0.5, 0.6) is 0 Å². The number of hydrogen-bond donors (Lipinski definition) is 2. The monoisotopic (exact) mass is 501 g/mol. The Morgan fingerprint density at radius 1 is 1.00 bits per heavy atom. The van der Waals surface area contributed by atoms with Crippen molar-refractivity contribution in [2.45, 2.75) is 20.4 Å². The van der Waals surface area contributed by atoms with Crippen molar-refractivity contribution < 1.29 is 14.0 Å². The highest BCUT2D eigenvalue weighted by Crippen LogP contribution is 2.26. The van der Waals surface area contributed by atoms with Gasteiger partial charge in [0.1, 0.15) is 5.82 Å². The van der Waals surface area contributed by atoms with Gasteiger partial charge in [-0.05, 0) is 72.1 Å². The highest BCUT2D eigenvalue weighted by atomic mass is 35.5. The van der Waals surface area contributed by atoms with Crippen LogP contribution in [0.25, 0.3) is 0 Å². The van der Waals surface area contributed by atoms with Crippen molar-refractivity contribution in [3.05, 3.63) is 99.3 Å². The van der Waals surface area contributed by atoms with Crippen molar-refractivity contribution in [3.63, 3.8) is 0 Å². The molecular weight excluding hydrogens is 476 g/mol. The smallest absolute Gasteiger partial charge is 0.255 e. The van der Waals surface area contributed by atoms with E-state index in [2.05, 4.69) is 5.32 Å². The van der Waals surface area contributed by atoms with Crippen molar-refractivity contribution in [1.82, 2.24) is 4.90 Å². The van der Waals surface area contributed by atoms with Crippen LogP contribution in [0.4, 0.5) is 10.1 Å². The molecule has 34 heavy (non-hydrogen) atoms. The van der Waals surface area contributed by atoms with Crippen molar-refractivity contribution in [2.24, 2.45) is 11.1 Å². The number of rotatable bonds is 8. The highest BCUT2D eigenvalue weighted by Gasteiger charge is 2.26. The molecule has 3 aromatic rings. The van der Waals surface area contributed by atoms with E-state index in [9.17, 15) is 14.0 Å². The van der Waals surface area contributed by atoms with Crippen LogP contribution in [-0.2, 0) is 6.54 Å². The summed E-state index contributed by atoms with van der Waals surface area (Å²) in [5.74, 6) is -1.16. The van der Waals surface area contributed by atoms with Crippen LogP contribution in [0.1, 0.15) is 40.1 Å². The molecule has 0 radical (unpaired) electrons. The van der Waals surface area contributed by atoms with Gasteiger partial charge in [0.05, 0.1) is 0 Å². The van der Waals surface area contributed by atoms with E-state index >= 15 is 0 Å². The zero-order chi connectivity index (χ0) is 24.9. The first kappa shape index (κ1) is 25.7. The fourth-order valence-electron chi connectivity index (χ4n) is 3.40. The minimum Gasteiger partial charge on any atom is -0.334 e. The molecule has 0 saturated heterocycles. The topological polar surface area (TPSA) is 75.4 Å². The molecule has 0 aromatic heterocycles. The third-order valence-corrected chi connectivity index (χ3v) is 5.89. The van der Waals surface area contributed by atoms with Crippen LogP contribution >= 0.6 is 23.2 Å². The van der Waals surface area contributed by atoms with Crippen LogP contribution < -0.4 is 11.1 Å². The van der Waals surface area contributed by atoms with Gasteiger partial charge in [0, 0.05) is 39.9 Å². The van der Waals surface area contributed by atoms with Crippen molar-refractivity contribution in [1.29, 1.82) is 0 Å². The Hall–Kier alpha value is -2.93. The molecule has 5 nitrogen and oxygen atoms in total. The Morgan fingerprint density at radius 2 is 1.71 bits per heavy atom. The molecule has 0 aliphatic rings. The van der Waals surface area contributed by atoms with E-state index in [1.54, 1.807) is 53.4 Å². The van der Waals surface area contributed by atoms with Crippen LogP contribution in [0.15, 0.2) is 66.7 Å². The van der Waals surface area contributed by atoms with E-state index in [-0.39, 0.29) is 29.3 Å². The molecule has 0 aliphatic carbocycles. The van der Waals surface area contributed by atoms with E-state index < -0.39 is 5.82 Å². The lowest BCUT2D eigenvalue weighted by atomic mass is 9.92. The van der Waals surface area contributed by atoms with E-state index in [1.165, 1.54) is 18.2 Å². The maximum Gasteiger partial charge on any atom is 0.255 e. The van der Waals surface area contributed by atoms with E-state index in [0.717, 1.165) is 0 Å². The molecule has 0 fully saturated rings. The second kappa shape index (κ2) is 11.0. The third kappa shape index (κ3) is 6.79. The van der Waals surface area contributed by atoms with Crippen LogP contribution in [0.3, 0.4) is 0 Å². The largest absolute Gasteiger partial charge is 0.334 e. The lowest BCUT2D eigenvalue weighted by Crippen LogP contribution is -2.41. The summed E-state index contributed by atoms with van der Waals surface area (Å²) in [5.41, 5.74) is 7.31. The Balaban J connectivity index is 1.87. The van der Waals surface area contributed by atoms with Crippen LogP contribution in [-0.4, -0.2) is 29.8 Å². The van der Waals surface area contributed by atoms with Gasteiger partial charge < -0.3 is 16.0 Å². The molecule has 0 aliphatic heterocycles. The Morgan fingerprint density at radius 3 is 2.38 bits per heavy atom. The lowest BCUT2D eigenvalue weighted by molar-refractivity contribution is 0.0672. The van der Waals surface area contributed by atoms with E-state index in [0.29, 0.717) is 39.9 Å². The second-order valence-electron chi connectivity index (χ2n) is 8.81. The number of nitrogens with one attached hydrogen (secondary N) is 1. The van der Waals surface area contributed by atoms with E-state index in [1.807, 2.05) is 13.8 Å². The zero-order valence-corrected chi connectivity index (χ0v) is 20.5. The first-order valence-corrected chi connectivity index (χ1v) is 11.4. The molecule has 0 bridgehead atoms. The first-order chi connectivity index (χ1) is 16.1. The zero-order valence-electron chi connectivity index (χ0n) is 18.9. The highest BCUT2D eigenvalue weighted by molar-refractivity contribution is 6.31.